The quantitative estimate of drug-likeness (QED) is 0.620. The van der Waals surface area contributed by atoms with E-state index < -0.39 is 0 Å². The molecule has 4 aromatic rings. The Morgan fingerprint density at radius 3 is 2.85 bits per heavy atom. The van der Waals surface area contributed by atoms with Gasteiger partial charge in [0.15, 0.2) is 5.65 Å². The highest BCUT2D eigenvalue weighted by molar-refractivity contribution is 5.79. The van der Waals surface area contributed by atoms with Gasteiger partial charge in [0.1, 0.15) is 0 Å². The minimum absolute atomic E-state index is 0.770. The molecule has 1 aliphatic carbocycles. The van der Waals surface area contributed by atoms with Gasteiger partial charge < -0.3 is 0 Å². The Bertz CT molecular complexity index is 1250. The van der Waals surface area contributed by atoms with E-state index >= 15 is 0 Å². The van der Waals surface area contributed by atoms with Gasteiger partial charge in [0.05, 0.1) is 29.1 Å². The van der Waals surface area contributed by atoms with Gasteiger partial charge in [-0.25, -0.2) is 9.50 Å². The molecule has 0 aromatic carbocycles. The third kappa shape index (κ3) is 2.27. The first-order valence-corrected chi connectivity index (χ1v) is 8.51. The average molecular weight is 340 g/mol. The van der Waals surface area contributed by atoms with E-state index in [0.717, 1.165) is 51.9 Å². The molecule has 0 aliphatic heterocycles. The average Bonchev–Trinajstić information content (AvgIpc) is 3.36. The first kappa shape index (κ1) is 14.8. The summed E-state index contributed by atoms with van der Waals surface area (Å²) < 4.78 is 1.80. The molecule has 0 fully saturated rings. The van der Waals surface area contributed by atoms with E-state index in [-0.39, 0.29) is 0 Å². The van der Waals surface area contributed by atoms with Crippen molar-refractivity contribution in [1.29, 1.82) is 0 Å². The van der Waals surface area contributed by atoms with Gasteiger partial charge in [0.25, 0.3) is 0 Å². The molecule has 0 saturated carbocycles. The number of nitrogens with zero attached hydrogens (tertiary/aromatic N) is 5. The van der Waals surface area contributed by atoms with Crippen LogP contribution in [0.3, 0.4) is 0 Å². The minimum Gasteiger partial charge on any atom is -0.285 e. The zero-order valence-electron chi connectivity index (χ0n) is 14.1. The topological polar surface area (TPSA) is 71.8 Å². The van der Waals surface area contributed by atoms with Gasteiger partial charge in [-0.05, 0) is 36.3 Å². The van der Waals surface area contributed by atoms with Crippen LogP contribution in [-0.2, 0) is 0 Å². The number of hydrogen-bond donors (Lipinski definition) is 1. The highest BCUT2D eigenvalue weighted by atomic mass is 15.3. The zero-order valence-corrected chi connectivity index (χ0v) is 14.1. The van der Waals surface area contributed by atoms with E-state index in [1.165, 1.54) is 5.22 Å². The lowest BCUT2D eigenvalue weighted by molar-refractivity contribution is 0.928. The lowest BCUT2D eigenvalue weighted by Crippen LogP contribution is -2.29. The van der Waals surface area contributed by atoms with E-state index in [2.05, 4.69) is 45.1 Å². The number of aromatic nitrogens is 6. The normalized spacial score (nSPS) is 13.1. The van der Waals surface area contributed by atoms with E-state index in [1.54, 1.807) is 23.0 Å². The predicted molar refractivity (Wildman–Crippen MR) is 101 cm³/mol. The Morgan fingerprint density at radius 1 is 1.08 bits per heavy atom. The molecule has 0 spiro atoms. The zero-order chi connectivity index (χ0) is 17.5. The molecular weight excluding hydrogens is 324 g/mol. The Kier molecular flexibility index (Phi) is 3.28. The third-order valence-electron chi connectivity index (χ3n) is 4.63. The summed E-state index contributed by atoms with van der Waals surface area (Å²) in [6, 6.07) is 4.14. The van der Waals surface area contributed by atoms with Gasteiger partial charge in [0, 0.05) is 29.1 Å². The van der Waals surface area contributed by atoms with Crippen molar-refractivity contribution >= 4 is 23.9 Å². The van der Waals surface area contributed by atoms with Gasteiger partial charge in [-0.1, -0.05) is 18.7 Å². The van der Waals surface area contributed by atoms with E-state index in [9.17, 15) is 0 Å². The SMILES string of the molecule is C=Cc1cc(-c2cnc3c(c2)=CCCC=3)nc2c(-c3cn[nH]c3)cnn12. The number of nitrogens with one attached hydrogen (secondary N) is 1. The maximum absolute atomic E-state index is 4.87. The summed E-state index contributed by atoms with van der Waals surface area (Å²) >= 11 is 0. The molecule has 6 heteroatoms. The second-order valence-corrected chi connectivity index (χ2v) is 6.24. The van der Waals surface area contributed by atoms with Crippen LogP contribution in [0.2, 0.25) is 0 Å². The van der Waals surface area contributed by atoms with Crippen molar-refractivity contribution in [3.8, 4) is 22.4 Å². The van der Waals surface area contributed by atoms with Crippen molar-refractivity contribution in [3.05, 3.63) is 59.8 Å². The van der Waals surface area contributed by atoms with Crippen LogP contribution in [0.15, 0.2) is 43.5 Å². The molecule has 0 unspecified atom stereocenters. The largest absolute Gasteiger partial charge is 0.285 e. The first-order chi connectivity index (χ1) is 12.8. The molecule has 126 valence electrons. The molecule has 26 heavy (non-hydrogen) atoms. The summed E-state index contributed by atoms with van der Waals surface area (Å²) in [5, 5.41) is 13.5. The molecule has 4 heterocycles. The van der Waals surface area contributed by atoms with Crippen LogP contribution in [0.5, 0.6) is 0 Å². The summed E-state index contributed by atoms with van der Waals surface area (Å²) in [5.74, 6) is 0. The molecule has 0 atom stereocenters. The summed E-state index contributed by atoms with van der Waals surface area (Å²) in [6.07, 6.45) is 15.6. The maximum Gasteiger partial charge on any atom is 0.164 e. The summed E-state index contributed by atoms with van der Waals surface area (Å²) in [6.45, 7) is 3.92. The highest BCUT2D eigenvalue weighted by Gasteiger charge is 2.14. The molecule has 0 bridgehead atoms. The summed E-state index contributed by atoms with van der Waals surface area (Å²) in [7, 11) is 0. The summed E-state index contributed by atoms with van der Waals surface area (Å²) in [5.41, 5.74) is 5.37. The fourth-order valence-corrected chi connectivity index (χ4v) is 3.31. The number of aromatic amines is 1. The van der Waals surface area contributed by atoms with Crippen molar-refractivity contribution in [1.82, 2.24) is 29.8 Å². The lowest BCUT2D eigenvalue weighted by atomic mass is 10.1. The fourth-order valence-electron chi connectivity index (χ4n) is 3.31. The smallest absolute Gasteiger partial charge is 0.164 e. The van der Waals surface area contributed by atoms with Crippen molar-refractivity contribution in [2.24, 2.45) is 0 Å². The second-order valence-electron chi connectivity index (χ2n) is 6.24. The number of fused-ring (bicyclic) bond motifs is 2. The number of rotatable bonds is 3. The molecule has 4 aromatic heterocycles. The monoisotopic (exact) mass is 340 g/mol. The lowest BCUT2D eigenvalue weighted by Gasteiger charge is -2.07. The molecule has 0 saturated heterocycles. The van der Waals surface area contributed by atoms with Crippen molar-refractivity contribution in [2.75, 3.05) is 0 Å². The molecule has 6 nitrogen and oxygen atoms in total. The Balaban J connectivity index is 1.76. The van der Waals surface area contributed by atoms with Crippen LogP contribution >= 0.6 is 0 Å². The highest BCUT2D eigenvalue weighted by Crippen LogP contribution is 2.26. The van der Waals surface area contributed by atoms with Crippen LogP contribution in [0.1, 0.15) is 18.5 Å². The van der Waals surface area contributed by atoms with Crippen LogP contribution in [-0.4, -0.2) is 29.8 Å². The van der Waals surface area contributed by atoms with Crippen molar-refractivity contribution in [3.63, 3.8) is 0 Å². The van der Waals surface area contributed by atoms with Crippen LogP contribution < -0.4 is 10.6 Å². The van der Waals surface area contributed by atoms with Crippen LogP contribution in [0.4, 0.5) is 0 Å². The minimum atomic E-state index is 0.770. The van der Waals surface area contributed by atoms with E-state index in [4.69, 9.17) is 4.98 Å². The summed E-state index contributed by atoms with van der Waals surface area (Å²) in [4.78, 5) is 9.47. The Morgan fingerprint density at radius 2 is 2.00 bits per heavy atom. The van der Waals surface area contributed by atoms with Gasteiger partial charge in [0.2, 0.25) is 0 Å². The maximum atomic E-state index is 4.87. The first-order valence-electron chi connectivity index (χ1n) is 8.51. The van der Waals surface area contributed by atoms with Gasteiger partial charge >= 0.3 is 0 Å². The van der Waals surface area contributed by atoms with Crippen LogP contribution in [0.25, 0.3) is 46.3 Å². The molecular formula is C20H16N6. The van der Waals surface area contributed by atoms with Crippen molar-refractivity contribution in [2.45, 2.75) is 12.8 Å². The number of hydrogen-bond acceptors (Lipinski definition) is 4. The standard InChI is InChI=1S/C20H16N6/c1-2-16-8-19(14-7-13-5-3-4-6-18(13)21-9-14)25-20-17(12-24-26(16)20)15-10-22-23-11-15/h2,5-12H,1,3-4H2,(H,22,23). The molecule has 1 N–H and O–H groups in total. The Labute approximate surface area is 149 Å². The van der Waals surface area contributed by atoms with Crippen molar-refractivity contribution < 1.29 is 0 Å². The molecule has 5 rings (SSSR count). The Hall–Kier alpha value is -3.54. The van der Waals surface area contributed by atoms with Crippen LogP contribution in [0, 0.1) is 0 Å². The molecule has 1 aliphatic rings. The predicted octanol–water partition coefficient (Wildman–Crippen LogP) is 2.18. The molecule has 0 radical (unpaired) electrons. The number of pyridine rings is 1. The van der Waals surface area contributed by atoms with Gasteiger partial charge in [-0.15, -0.1) is 0 Å². The third-order valence-corrected chi connectivity index (χ3v) is 4.63. The number of H-pyrrole nitrogens is 1. The van der Waals surface area contributed by atoms with E-state index in [1.807, 2.05) is 18.5 Å². The fraction of sp³-hybridized carbons (Fsp3) is 0.100. The van der Waals surface area contributed by atoms with Gasteiger partial charge in [-0.3, -0.25) is 10.1 Å². The van der Waals surface area contributed by atoms with Gasteiger partial charge in [-0.2, -0.15) is 10.2 Å². The second kappa shape index (κ2) is 5.77. The van der Waals surface area contributed by atoms with E-state index in [0.29, 0.717) is 0 Å². The molecule has 0 amide bonds.